The van der Waals surface area contributed by atoms with Crippen molar-refractivity contribution in [3.05, 3.63) is 34.4 Å². The zero-order valence-corrected chi connectivity index (χ0v) is 11.1. The maximum atomic E-state index is 12.4. The summed E-state index contributed by atoms with van der Waals surface area (Å²) >= 11 is 0. The minimum atomic E-state index is -3.81. The summed E-state index contributed by atoms with van der Waals surface area (Å²) in [6.45, 7) is 5.38. The predicted octanol–water partition coefficient (Wildman–Crippen LogP) is 1.77. The number of nitrogens with zero attached hydrogens (tertiary/aromatic N) is 2. The Balaban J connectivity index is 2.54. The van der Waals surface area contributed by atoms with Gasteiger partial charge >= 0.3 is 0 Å². The lowest BCUT2D eigenvalue weighted by molar-refractivity contribution is -0.387. The third-order valence-electron chi connectivity index (χ3n) is 3.47. The minimum Gasteiger partial charge on any atom is -0.258 e. The second kappa shape index (κ2) is 3.76. The maximum absolute atomic E-state index is 12.4. The number of nitro benzene ring substituents is 1. The Labute approximate surface area is 105 Å². The molecule has 0 aromatic heterocycles. The molecule has 1 fully saturated rings. The maximum Gasteiger partial charge on any atom is 0.289 e. The average molecular weight is 270 g/mol. The molecule has 18 heavy (non-hydrogen) atoms. The van der Waals surface area contributed by atoms with Crippen molar-refractivity contribution in [3.8, 4) is 0 Å². The monoisotopic (exact) mass is 270 g/mol. The van der Waals surface area contributed by atoms with Gasteiger partial charge in [-0.15, -0.1) is 0 Å². The van der Waals surface area contributed by atoms with Crippen LogP contribution in [0.2, 0.25) is 0 Å². The summed E-state index contributed by atoms with van der Waals surface area (Å²) in [5.41, 5.74) is -0.866. The first-order valence-electron chi connectivity index (χ1n) is 5.48. The molecule has 0 amide bonds. The van der Waals surface area contributed by atoms with Gasteiger partial charge in [0.05, 0.1) is 4.92 Å². The van der Waals surface area contributed by atoms with Crippen molar-refractivity contribution < 1.29 is 13.3 Å². The summed E-state index contributed by atoms with van der Waals surface area (Å²) in [7, 11) is -3.81. The van der Waals surface area contributed by atoms with E-state index in [4.69, 9.17) is 0 Å². The number of hydrogen-bond acceptors (Lipinski definition) is 4. The lowest BCUT2D eigenvalue weighted by Crippen LogP contribution is -2.19. The van der Waals surface area contributed by atoms with Crippen LogP contribution >= 0.6 is 0 Å². The Morgan fingerprint density at radius 3 is 2.28 bits per heavy atom. The summed E-state index contributed by atoms with van der Waals surface area (Å²) < 4.78 is 26.0. The molecule has 1 aromatic rings. The number of rotatable bonds is 3. The Kier molecular flexibility index (Phi) is 2.71. The number of hydrogen-bond donors (Lipinski definition) is 0. The van der Waals surface area contributed by atoms with Gasteiger partial charge in [0.15, 0.2) is 4.90 Å². The van der Waals surface area contributed by atoms with E-state index in [1.165, 1.54) is 28.6 Å². The van der Waals surface area contributed by atoms with E-state index in [0.29, 0.717) is 0 Å². The molecule has 1 aliphatic heterocycles. The summed E-state index contributed by atoms with van der Waals surface area (Å²) in [5.74, 6) is 0. The second-order valence-corrected chi connectivity index (χ2v) is 6.64. The van der Waals surface area contributed by atoms with Gasteiger partial charge in [-0.1, -0.05) is 12.1 Å². The van der Waals surface area contributed by atoms with Crippen molar-refractivity contribution in [3.63, 3.8) is 0 Å². The minimum absolute atomic E-state index is 0.151. The second-order valence-electron chi connectivity index (χ2n) is 4.86. The zero-order valence-electron chi connectivity index (χ0n) is 10.3. The first kappa shape index (κ1) is 13.0. The molecular formula is C11H14N2O4S. The highest BCUT2D eigenvalue weighted by atomic mass is 32.2. The molecule has 0 bridgehead atoms. The molecule has 1 aliphatic rings. The molecule has 0 saturated carbocycles. The van der Waals surface area contributed by atoms with E-state index < -0.39 is 20.5 Å². The molecule has 0 aliphatic carbocycles. The normalized spacial score (nSPS) is 25.7. The van der Waals surface area contributed by atoms with Gasteiger partial charge in [-0.3, -0.25) is 10.1 Å². The van der Waals surface area contributed by atoms with Crippen molar-refractivity contribution >= 4 is 15.7 Å². The van der Waals surface area contributed by atoms with Gasteiger partial charge in [-0.25, -0.2) is 8.42 Å². The smallest absolute Gasteiger partial charge is 0.258 e. The van der Waals surface area contributed by atoms with Crippen molar-refractivity contribution in [2.75, 3.05) is 0 Å². The van der Waals surface area contributed by atoms with E-state index in [1.807, 2.05) is 0 Å². The molecule has 1 unspecified atom stereocenters. The van der Waals surface area contributed by atoms with Crippen LogP contribution < -0.4 is 0 Å². The van der Waals surface area contributed by atoms with Crippen LogP contribution in [0, 0.1) is 10.1 Å². The van der Waals surface area contributed by atoms with Crippen LogP contribution in [-0.4, -0.2) is 29.2 Å². The van der Waals surface area contributed by atoms with E-state index in [-0.39, 0.29) is 16.6 Å². The van der Waals surface area contributed by atoms with Gasteiger partial charge in [-0.2, -0.15) is 4.31 Å². The number of para-hydroxylation sites is 1. The molecule has 2 rings (SSSR count). The third-order valence-corrected chi connectivity index (χ3v) is 5.68. The lowest BCUT2D eigenvalue weighted by atomic mass is 10.2. The van der Waals surface area contributed by atoms with Crippen LogP contribution in [0.15, 0.2) is 29.2 Å². The number of benzene rings is 1. The van der Waals surface area contributed by atoms with Gasteiger partial charge in [0.1, 0.15) is 0 Å². The van der Waals surface area contributed by atoms with Gasteiger partial charge in [-0.05, 0) is 26.8 Å². The number of nitro groups is 1. The molecule has 0 radical (unpaired) electrons. The molecule has 1 aromatic carbocycles. The van der Waals surface area contributed by atoms with Crippen LogP contribution in [0.3, 0.4) is 0 Å². The molecular weight excluding hydrogens is 256 g/mol. The molecule has 0 N–H and O–H groups in total. The molecule has 2 atom stereocenters. The Bertz CT molecular complexity index is 609. The van der Waals surface area contributed by atoms with E-state index in [0.717, 1.165) is 0 Å². The van der Waals surface area contributed by atoms with Gasteiger partial charge in [0, 0.05) is 17.6 Å². The predicted molar refractivity (Wildman–Crippen MR) is 65.7 cm³/mol. The van der Waals surface area contributed by atoms with Gasteiger partial charge in [0.25, 0.3) is 15.7 Å². The molecule has 98 valence electrons. The van der Waals surface area contributed by atoms with E-state index in [2.05, 4.69) is 0 Å². The van der Waals surface area contributed by atoms with Gasteiger partial charge < -0.3 is 0 Å². The topological polar surface area (TPSA) is 80.3 Å². The van der Waals surface area contributed by atoms with Gasteiger partial charge in [0.2, 0.25) is 0 Å². The Hall–Kier alpha value is -1.47. The first-order valence-corrected chi connectivity index (χ1v) is 6.92. The van der Waals surface area contributed by atoms with Crippen molar-refractivity contribution in [1.82, 2.24) is 4.31 Å². The third kappa shape index (κ3) is 1.70. The van der Waals surface area contributed by atoms with Crippen LogP contribution in [0.1, 0.15) is 20.8 Å². The largest absolute Gasteiger partial charge is 0.289 e. The van der Waals surface area contributed by atoms with Crippen molar-refractivity contribution in [2.24, 2.45) is 0 Å². The molecule has 1 heterocycles. The SMILES string of the molecule is C[C@H]1N(S(=O)(=O)c2ccccc2[N+](=O)[O-])C1(C)C. The molecule has 6 nitrogen and oxygen atoms in total. The summed E-state index contributed by atoms with van der Waals surface area (Å²) in [6, 6.07) is 5.26. The summed E-state index contributed by atoms with van der Waals surface area (Å²) in [4.78, 5) is 9.96. The zero-order chi connectivity index (χ0) is 13.7. The summed E-state index contributed by atoms with van der Waals surface area (Å²) in [5, 5.41) is 10.9. The molecule has 0 spiro atoms. The van der Waals surface area contributed by atoms with Crippen molar-refractivity contribution in [2.45, 2.75) is 37.2 Å². The quantitative estimate of drug-likeness (QED) is 0.476. The van der Waals surface area contributed by atoms with Crippen LogP contribution in [-0.2, 0) is 10.0 Å². The van der Waals surface area contributed by atoms with Crippen LogP contribution in [0.5, 0.6) is 0 Å². The van der Waals surface area contributed by atoms with E-state index >= 15 is 0 Å². The first-order chi connectivity index (χ1) is 8.20. The highest BCUT2D eigenvalue weighted by Gasteiger charge is 2.60. The van der Waals surface area contributed by atoms with E-state index in [1.54, 1.807) is 20.8 Å². The highest BCUT2D eigenvalue weighted by Crippen LogP contribution is 2.46. The summed E-state index contributed by atoms with van der Waals surface area (Å²) in [6.07, 6.45) is 0. The molecule has 1 saturated heterocycles. The standard InChI is InChI=1S/C11H14N2O4S/c1-8-11(2,3)12(8)18(16,17)10-7-5-4-6-9(10)13(14)15/h4-8H,1-3H3/t8-,12?/m1/s1. The van der Waals surface area contributed by atoms with Crippen LogP contribution in [0.25, 0.3) is 0 Å². The molecule has 7 heteroatoms. The Morgan fingerprint density at radius 1 is 1.33 bits per heavy atom. The van der Waals surface area contributed by atoms with Crippen molar-refractivity contribution in [1.29, 1.82) is 0 Å². The fourth-order valence-electron chi connectivity index (χ4n) is 2.09. The lowest BCUT2D eigenvalue weighted by Gasteiger charge is -2.08. The fraction of sp³-hybridized carbons (Fsp3) is 0.455. The Morgan fingerprint density at radius 2 is 1.83 bits per heavy atom. The van der Waals surface area contributed by atoms with E-state index in [9.17, 15) is 18.5 Å². The fourth-order valence-corrected chi connectivity index (χ4v) is 4.36. The number of sulfonamides is 1. The highest BCUT2D eigenvalue weighted by molar-refractivity contribution is 7.89. The van der Waals surface area contributed by atoms with Crippen LogP contribution in [0.4, 0.5) is 5.69 Å². The average Bonchev–Trinajstić information content (AvgIpc) is 2.78.